The standard InChI is InChI=1S/C11H20ClNO2/c1-3-15-8-10-4-6-13(7-5-10)11(14)9(2)12/h9-10H,3-8H2,1-2H3/t9-/m0/s1. The van der Waals surface area contributed by atoms with E-state index in [0.717, 1.165) is 39.1 Å². The minimum absolute atomic E-state index is 0.0616. The van der Waals surface area contributed by atoms with Crippen molar-refractivity contribution in [3.8, 4) is 0 Å². The number of nitrogens with zero attached hydrogens (tertiary/aromatic N) is 1. The van der Waals surface area contributed by atoms with Gasteiger partial charge in [0.05, 0.1) is 0 Å². The lowest BCUT2D eigenvalue weighted by molar-refractivity contribution is -0.132. The monoisotopic (exact) mass is 233 g/mol. The fourth-order valence-electron chi connectivity index (χ4n) is 1.86. The number of likely N-dealkylation sites (tertiary alicyclic amines) is 1. The van der Waals surface area contributed by atoms with Gasteiger partial charge in [0, 0.05) is 26.3 Å². The Bertz CT molecular complexity index is 201. The molecule has 1 atom stereocenters. The Kier molecular flexibility index (Phi) is 5.40. The molecule has 0 N–H and O–H groups in total. The number of rotatable bonds is 4. The number of hydrogen-bond donors (Lipinski definition) is 0. The van der Waals surface area contributed by atoms with E-state index < -0.39 is 5.38 Å². The lowest BCUT2D eigenvalue weighted by Gasteiger charge is -2.32. The molecule has 0 aromatic heterocycles. The molecule has 1 heterocycles. The third-order valence-corrected chi connectivity index (χ3v) is 3.01. The highest BCUT2D eigenvalue weighted by Gasteiger charge is 2.24. The number of piperidine rings is 1. The Morgan fingerprint density at radius 3 is 2.60 bits per heavy atom. The van der Waals surface area contributed by atoms with Crippen molar-refractivity contribution < 1.29 is 9.53 Å². The average Bonchev–Trinajstić information content (AvgIpc) is 2.26. The summed E-state index contributed by atoms with van der Waals surface area (Å²) in [5.74, 6) is 0.672. The summed E-state index contributed by atoms with van der Waals surface area (Å²) in [5, 5.41) is -0.395. The van der Waals surface area contributed by atoms with Crippen LogP contribution in [0.15, 0.2) is 0 Å². The summed E-state index contributed by atoms with van der Waals surface area (Å²) in [7, 11) is 0. The largest absolute Gasteiger partial charge is 0.381 e. The Morgan fingerprint density at radius 1 is 1.53 bits per heavy atom. The molecule has 1 aliphatic rings. The highest BCUT2D eigenvalue weighted by Crippen LogP contribution is 2.18. The molecule has 0 unspecified atom stereocenters. The first kappa shape index (κ1) is 12.8. The second-order valence-electron chi connectivity index (χ2n) is 4.04. The molecule has 4 heteroatoms. The van der Waals surface area contributed by atoms with Gasteiger partial charge in [-0.25, -0.2) is 0 Å². The Hall–Kier alpha value is -0.280. The first-order valence-electron chi connectivity index (χ1n) is 5.65. The third-order valence-electron chi connectivity index (χ3n) is 2.82. The number of amides is 1. The maximum absolute atomic E-state index is 11.6. The molecule has 1 aliphatic heterocycles. The van der Waals surface area contributed by atoms with E-state index >= 15 is 0 Å². The van der Waals surface area contributed by atoms with Gasteiger partial charge in [-0.1, -0.05) is 0 Å². The predicted molar refractivity (Wildman–Crippen MR) is 61.1 cm³/mol. The second kappa shape index (κ2) is 6.33. The Balaban J connectivity index is 2.26. The molecule has 0 spiro atoms. The maximum atomic E-state index is 11.6. The number of hydrogen-bond acceptors (Lipinski definition) is 2. The van der Waals surface area contributed by atoms with E-state index in [1.807, 2.05) is 11.8 Å². The molecular weight excluding hydrogens is 214 g/mol. The average molecular weight is 234 g/mol. The van der Waals surface area contributed by atoms with Crippen molar-refractivity contribution in [1.29, 1.82) is 0 Å². The van der Waals surface area contributed by atoms with E-state index in [1.165, 1.54) is 0 Å². The molecule has 0 radical (unpaired) electrons. The minimum Gasteiger partial charge on any atom is -0.381 e. The van der Waals surface area contributed by atoms with Crippen LogP contribution >= 0.6 is 11.6 Å². The topological polar surface area (TPSA) is 29.5 Å². The molecule has 0 bridgehead atoms. The van der Waals surface area contributed by atoms with Crippen molar-refractivity contribution in [3.05, 3.63) is 0 Å². The van der Waals surface area contributed by atoms with Crippen LogP contribution in [0.25, 0.3) is 0 Å². The van der Waals surface area contributed by atoms with Crippen molar-refractivity contribution >= 4 is 17.5 Å². The van der Waals surface area contributed by atoms with Gasteiger partial charge in [0.2, 0.25) is 5.91 Å². The molecule has 0 aliphatic carbocycles. The van der Waals surface area contributed by atoms with Gasteiger partial charge in [-0.3, -0.25) is 4.79 Å². The number of ether oxygens (including phenoxy) is 1. The van der Waals surface area contributed by atoms with E-state index in [1.54, 1.807) is 6.92 Å². The van der Waals surface area contributed by atoms with Crippen LogP contribution in [0, 0.1) is 5.92 Å². The van der Waals surface area contributed by atoms with E-state index in [-0.39, 0.29) is 5.91 Å². The molecule has 3 nitrogen and oxygen atoms in total. The van der Waals surface area contributed by atoms with Crippen LogP contribution < -0.4 is 0 Å². The SMILES string of the molecule is CCOCC1CCN(C(=O)[C@H](C)Cl)CC1. The van der Waals surface area contributed by atoms with Gasteiger partial charge in [-0.15, -0.1) is 11.6 Å². The van der Waals surface area contributed by atoms with Crippen LogP contribution in [0.5, 0.6) is 0 Å². The lowest BCUT2D eigenvalue weighted by atomic mass is 9.97. The van der Waals surface area contributed by atoms with Crippen LogP contribution in [-0.2, 0) is 9.53 Å². The molecule has 0 aromatic carbocycles. The summed E-state index contributed by atoms with van der Waals surface area (Å²) in [6.45, 7) is 7.00. The third kappa shape index (κ3) is 3.99. The highest BCUT2D eigenvalue weighted by molar-refractivity contribution is 6.30. The lowest BCUT2D eigenvalue weighted by Crippen LogP contribution is -2.42. The number of alkyl halides is 1. The Morgan fingerprint density at radius 2 is 2.13 bits per heavy atom. The number of carbonyl (C=O) groups excluding carboxylic acids is 1. The number of halogens is 1. The fourth-order valence-corrected chi connectivity index (χ4v) is 1.99. The van der Waals surface area contributed by atoms with Crippen LogP contribution in [0.3, 0.4) is 0 Å². The van der Waals surface area contributed by atoms with E-state index in [9.17, 15) is 4.79 Å². The Labute approximate surface area is 96.7 Å². The molecular formula is C11H20ClNO2. The zero-order valence-corrected chi connectivity index (χ0v) is 10.3. The zero-order chi connectivity index (χ0) is 11.3. The van der Waals surface area contributed by atoms with Gasteiger partial charge in [-0.05, 0) is 32.6 Å². The van der Waals surface area contributed by atoms with Gasteiger partial charge in [0.1, 0.15) is 5.38 Å². The predicted octanol–water partition coefficient (Wildman–Crippen LogP) is 1.89. The summed E-state index contributed by atoms with van der Waals surface area (Å²) in [6.07, 6.45) is 2.07. The fraction of sp³-hybridized carbons (Fsp3) is 0.909. The molecule has 15 heavy (non-hydrogen) atoms. The van der Waals surface area contributed by atoms with Gasteiger partial charge in [0.15, 0.2) is 0 Å². The van der Waals surface area contributed by atoms with Crippen molar-refractivity contribution in [2.45, 2.75) is 32.1 Å². The summed E-state index contributed by atoms with van der Waals surface area (Å²) in [5.41, 5.74) is 0. The van der Waals surface area contributed by atoms with E-state index in [4.69, 9.17) is 16.3 Å². The minimum atomic E-state index is -0.395. The van der Waals surface area contributed by atoms with Gasteiger partial charge in [-0.2, -0.15) is 0 Å². The molecule has 1 fully saturated rings. The highest BCUT2D eigenvalue weighted by atomic mass is 35.5. The normalized spacial score (nSPS) is 20.3. The second-order valence-corrected chi connectivity index (χ2v) is 4.70. The van der Waals surface area contributed by atoms with E-state index in [0.29, 0.717) is 5.92 Å². The van der Waals surface area contributed by atoms with Crippen molar-refractivity contribution in [1.82, 2.24) is 4.90 Å². The first-order chi connectivity index (χ1) is 7.15. The van der Waals surface area contributed by atoms with Crippen LogP contribution in [-0.4, -0.2) is 42.5 Å². The summed E-state index contributed by atoms with van der Waals surface area (Å²) >= 11 is 5.77. The summed E-state index contributed by atoms with van der Waals surface area (Å²) in [4.78, 5) is 13.4. The molecule has 1 saturated heterocycles. The van der Waals surface area contributed by atoms with Crippen molar-refractivity contribution in [3.63, 3.8) is 0 Å². The van der Waals surface area contributed by atoms with Crippen molar-refractivity contribution in [2.75, 3.05) is 26.3 Å². The summed E-state index contributed by atoms with van der Waals surface area (Å²) < 4.78 is 5.39. The van der Waals surface area contributed by atoms with Crippen molar-refractivity contribution in [2.24, 2.45) is 5.92 Å². The van der Waals surface area contributed by atoms with E-state index in [2.05, 4.69) is 0 Å². The van der Waals surface area contributed by atoms with Crippen LogP contribution in [0.1, 0.15) is 26.7 Å². The van der Waals surface area contributed by atoms with Gasteiger partial charge >= 0.3 is 0 Å². The number of carbonyl (C=O) groups is 1. The molecule has 0 aromatic rings. The quantitative estimate of drug-likeness (QED) is 0.694. The molecule has 1 rings (SSSR count). The molecule has 0 saturated carbocycles. The smallest absolute Gasteiger partial charge is 0.240 e. The van der Waals surface area contributed by atoms with Crippen LogP contribution in [0.2, 0.25) is 0 Å². The summed E-state index contributed by atoms with van der Waals surface area (Å²) in [6, 6.07) is 0. The van der Waals surface area contributed by atoms with Gasteiger partial charge in [0.25, 0.3) is 0 Å². The first-order valence-corrected chi connectivity index (χ1v) is 6.09. The maximum Gasteiger partial charge on any atom is 0.240 e. The van der Waals surface area contributed by atoms with Gasteiger partial charge < -0.3 is 9.64 Å². The molecule has 1 amide bonds. The zero-order valence-electron chi connectivity index (χ0n) is 9.54. The van der Waals surface area contributed by atoms with Crippen LogP contribution in [0.4, 0.5) is 0 Å². The molecule has 88 valence electrons.